The van der Waals surface area contributed by atoms with Crippen molar-refractivity contribution in [2.45, 2.75) is 51.0 Å². The lowest BCUT2D eigenvalue weighted by atomic mass is 9.85. The van der Waals surface area contributed by atoms with Crippen LogP contribution in [0.1, 0.15) is 53.7 Å². The minimum atomic E-state index is -0.425. The van der Waals surface area contributed by atoms with Crippen LogP contribution in [0.4, 0.5) is 0 Å². The van der Waals surface area contributed by atoms with Crippen molar-refractivity contribution < 1.29 is 19.1 Å². The molecule has 1 unspecified atom stereocenters. The van der Waals surface area contributed by atoms with E-state index in [4.69, 9.17) is 4.74 Å². The van der Waals surface area contributed by atoms with Gasteiger partial charge < -0.3 is 15.4 Å². The highest BCUT2D eigenvalue weighted by Gasteiger charge is 2.37. The summed E-state index contributed by atoms with van der Waals surface area (Å²) in [5.74, 6) is -0.426. The van der Waals surface area contributed by atoms with Gasteiger partial charge in [-0.05, 0) is 31.7 Å². The predicted molar refractivity (Wildman–Crippen MR) is 114 cm³/mol. The van der Waals surface area contributed by atoms with Crippen molar-refractivity contribution in [3.8, 4) is 0 Å². The Morgan fingerprint density at radius 1 is 1.30 bits per heavy atom. The number of carbonyl (C=O) groups excluding carboxylic acids is 3. The van der Waals surface area contributed by atoms with Crippen LogP contribution in [-0.4, -0.2) is 41.5 Å². The summed E-state index contributed by atoms with van der Waals surface area (Å²) in [5.41, 5.74) is 1.10. The van der Waals surface area contributed by atoms with Crippen LogP contribution in [0, 0.1) is 0 Å². The first-order valence-electron chi connectivity index (χ1n) is 10.2. The van der Waals surface area contributed by atoms with Gasteiger partial charge >= 0.3 is 5.97 Å². The molecule has 1 aliphatic heterocycles. The van der Waals surface area contributed by atoms with Crippen molar-refractivity contribution in [2.75, 3.05) is 13.2 Å². The second kappa shape index (κ2) is 10.3. The molecule has 0 bridgehead atoms. The lowest BCUT2D eigenvalue weighted by molar-refractivity contribution is -0.122. The molecule has 3 rings (SSSR count). The van der Waals surface area contributed by atoms with E-state index in [1.54, 1.807) is 12.3 Å². The summed E-state index contributed by atoms with van der Waals surface area (Å²) in [6.07, 6.45) is 3.47. The molecule has 0 saturated carbocycles. The van der Waals surface area contributed by atoms with Crippen LogP contribution in [0.3, 0.4) is 0 Å². The fraction of sp³-hybridized carbons (Fsp3) is 0.455. The van der Waals surface area contributed by atoms with E-state index in [1.807, 2.05) is 30.3 Å². The van der Waals surface area contributed by atoms with E-state index >= 15 is 0 Å². The van der Waals surface area contributed by atoms with Gasteiger partial charge in [-0.15, -0.1) is 11.3 Å². The molecule has 1 saturated heterocycles. The van der Waals surface area contributed by atoms with Crippen LogP contribution in [0.5, 0.6) is 0 Å². The number of esters is 1. The van der Waals surface area contributed by atoms with Gasteiger partial charge in [-0.25, -0.2) is 9.78 Å². The quantitative estimate of drug-likeness (QED) is 0.566. The van der Waals surface area contributed by atoms with Crippen LogP contribution in [0.25, 0.3) is 0 Å². The number of hydrogen-bond acceptors (Lipinski definition) is 6. The predicted octanol–water partition coefficient (Wildman–Crippen LogP) is 2.65. The first kappa shape index (κ1) is 22.0. The lowest BCUT2D eigenvalue weighted by Crippen LogP contribution is -2.44. The number of carbonyl (C=O) groups is 3. The number of thiazole rings is 1. The van der Waals surface area contributed by atoms with Crippen molar-refractivity contribution in [3.63, 3.8) is 0 Å². The molecule has 0 radical (unpaired) electrons. The van der Waals surface area contributed by atoms with Crippen LogP contribution in [0.15, 0.2) is 35.7 Å². The minimum absolute atomic E-state index is 0.0486. The third kappa shape index (κ3) is 6.13. The van der Waals surface area contributed by atoms with Crippen molar-refractivity contribution in [1.29, 1.82) is 0 Å². The fourth-order valence-electron chi connectivity index (χ4n) is 3.64. The van der Waals surface area contributed by atoms with E-state index in [1.165, 1.54) is 11.3 Å². The molecule has 1 aromatic heterocycles. The number of aromatic nitrogens is 1. The summed E-state index contributed by atoms with van der Waals surface area (Å²) in [4.78, 5) is 40.1. The van der Waals surface area contributed by atoms with Crippen LogP contribution in [0.2, 0.25) is 0 Å². The van der Waals surface area contributed by atoms with Gasteiger partial charge in [0.05, 0.1) is 11.6 Å². The zero-order valence-electron chi connectivity index (χ0n) is 17.1. The average Bonchev–Trinajstić information content (AvgIpc) is 3.35. The number of amides is 2. The number of rotatable bonds is 10. The SMILES string of the molecule is CCOC(=O)c1csc(CCNC(=O)CCC2(Cc3ccccc3)CCC(=O)N2)n1. The van der Waals surface area contributed by atoms with Crippen molar-refractivity contribution >= 4 is 29.1 Å². The molecular weight excluding hydrogens is 402 g/mol. The number of nitrogens with zero attached hydrogens (tertiary/aromatic N) is 1. The van der Waals surface area contributed by atoms with Crippen molar-refractivity contribution in [1.82, 2.24) is 15.6 Å². The van der Waals surface area contributed by atoms with Gasteiger partial charge in [0.15, 0.2) is 5.69 Å². The minimum Gasteiger partial charge on any atom is -0.461 e. The third-order valence-electron chi connectivity index (χ3n) is 5.15. The van der Waals surface area contributed by atoms with Crippen LogP contribution in [-0.2, 0) is 27.2 Å². The zero-order chi connectivity index (χ0) is 21.4. The topological polar surface area (TPSA) is 97.4 Å². The highest BCUT2D eigenvalue weighted by atomic mass is 32.1. The molecule has 1 atom stereocenters. The number of hydrogen-bond donors (Lipinski definition) is 2. The molecule has 0 aliphatic carbocycles. The van der Waals surface area contributed by atoms with Crippen LogP contribution >= 0.6 is 11.3 Å². The maximum Gasteiger partial charge on any atom is 0.357 e. The first-order valence-corrected chi connectivity index (χ1v) is 11.1. The van der Waals surface area contributed by atoms with Crippen molar-refractivity contribution in [3.05, 3.63) is 52.0 Å². The van der Waals surface area contributed by atoms with E-state index in [-0.39, 0.29) is 17.4 Å². The zero-order valence-corrected chi connectivity index (χ0v) is 17.9. The van der Waals surface area contributed by atoms with Gasteiger partial charge in [-0.1, -0.05) is 30.3 Å². The Labute approximate surface area is 180 Å². The second-order valence-corrected chi connectivity index (χ2v) is 8.38. The summed E-state index contributed by atoms with van der Waals surface area (Å²) in [5, 5.41) is 8.47. The summed E-state index contributed by atoms with van der Waals surface area (Å²) in [6, 6.07) is 10.0. The molecule has 30 heavy (non-hydrogen) atoms. The summed E-state index contributed by atoms with van der Waals surface area (Å²) >= 11 is 1.38. The highest BCUT2D eigenvalue weighted by Crippen LogP contribution is 2.29. The number of nitrogens with one attached hydrogen (secondary N) is 2. The molecule has 8 heteroatoms. The molecule has 1 aromatic carbocycles. The van der Waals surface area contributed by atoms with Gasteiger partial charge in [0.25, 0.3) is 0 Å². The van der Waals surface area contributed by atoms with Gasteiger partial charge in [-0.2, -0.15) is 0 Å². The second-order valence-electron chi connectivity index (χ2n) is 7.44. The summed E-state index contributed by atoms with van der Waals surface area (Å²) in [6.45, 7) is 2.52. The largest absolute Gasteiger partial charge is 0.461 e. The molecule has 1 fully saturated rings. The van der Waals surface area contributed by atoms with Gasteiger partial charge in [-0.3, -0.25) is 9.59 Å². The molecule has 2 N–H and O–H groups in total. The summed E-state index contributed by atoms with van der Waals surface area (Å²) in [7, 11) is 0. The van der Waals surface area contributed by atoms with E-state index in [2.05, 4.69) is 15.6 Å². The van der Waals surface area contributed by atoms with E-state index in [9.17, 15) is 14.4 Å². The molecular formula is C22H27N3O4S. The highest BCUT2D eigenvalue weighted by molar-refractivity contribution is 7.09. The normalized spacial score (nSPS) is 18.1. The Kier molecular flexibility index (Phi) is 7.57. The van der Waals surface area contributed by atoms with Crippen molar-refractivity contribution in [2.24, 2.45) is 0 Å². The maximum atomic E-state index is 12.3. The van der Waals surface area contributed by atoms with Gasteiger partial charge in [0.1, 0.15) is 0 Å². The van der Waals surface area contributed by atoms with E-state index < -0.39 is 5.97 Å². The maximum absolute atomic E-state index is 12.3. The Balaban J connectivity index is 1.46. The summed E-state index contributed by atoms with van der Waals surface area (Å²) < 4.78 is 4.93. The van der Waals surface area contributed by atoms with E-state index in [0.717, 1.165) is 23.4 Å². The Hall–Kier alpha value is -2.74. The lowest BCUT2D eigenvalue weighted by Gasteiger charge is -2.29. The fourth-order valence-corrected chi connectivity index (χ4v) is 4.41. The first-order chi connectivity index (χ1) is 14.5. The van der Waals surface area contributed by atoms with Crippen LogP contribution < -0.4 is 10.6 Å². The molecule has 2 aromatic rings. The van der Waals surface area contributed by atoms with E-state index in [0.29, 0.717) is 44.5 Å². The van der Waals surface area contributed by atoms with Gasteiger partial charge in [0.2, 0.25) is 11.8 Å². The number of benzene rings is 1. The Morgan fingerprint density at radius 2 is 2.10 bits per heavy atom. The molecule has 160 valence electrons. The monoisotopic (exact) mass is 429 g/mol. The molecule has 2 amide bonds. The molecule has 2 heterocycles. The Bertz CT molecular complexity index is 884. The molecule has 7 nitrogen and oxygen atoms in total. The third-order valence-corrected chi connectivity index (χ3v) is 6.06. The number of ether oxygens (including phenoxy) is 1. The average molecular weight is 430 g/mol. The molecule has 1 aliphatic rings. The van der Waals surface area contributed by atoms with Gasteiger partial charge in [0, 0.05) is 36.7 Å². The smallest absolute Gasteiger partial charge is 0.357 e. The molecule has 0 spiro atoms. The Morgan fingerprint density at radius 3 is 2.80 bits per heavy atom. The standard InChI is InChI=1S/C22H27N3O4S/c1-2-29-21(28)17-15-30-20(24-17)10-13-23-18(26)8-11-22(12-9-19(27)25-22)14-16-6-4-3-5-7-16/h3-7,15H,2,8-14H2,1H3,(H,23,26)(H,25,27).